The van der Waals surface area contributed by atoms with Crippen molar-refractivity contribution in [3.05, 3.63) is 64.7 Å². The van der Waals surface area contributed by atoms with Crippen LogP contribution in [0.25, 0.3) is 5.69 Å². The Bertz CT molecular complexity index is 979. The molecule has 28 heavy (non-hydrogen) atoms. The van der Waals surface area contributed by atoms with Gasteiger partial charge in [-0.25, -0.2) is 4.68 Å². The lowest BCUT2D eigenvalue weighted by Gasteiger charge is -2.36. The molecule has 0 spiro atoms. The highest BCUT2D eigenvalue weighted by Crippen LogP contribution is 2.41. The van der Waals surface area contributed by atoms with Crippen molar-refractivity contribution >= 4 is 0 Å². The predicted octanol–water partition coefficient (Wildman–Crippen LogP) is 4.51. The first-order valence-electron chi connectivity index (χ1n) is 10.3. The summed E-state index contributed by atoms with van der Waals surface area (Å²) in [5, 5.41) is 13.2. The summed E-state index contributed by atoms with van der Waals surface area (Å²) in [7, 11) is 0. The second-order valence-corrected chi connectivity index (χ2v) is 8.82. The van der Waals surface area contributed by atoms with E-state index < -0.39 is 0 Å². The summed E-state index contributed by atoms with van der Waals surface area (Å²) in [4.78, 5) is 0. The van der Waals surface area contributed by atoms with E-state index in [0.29, 0.717) is 6.04 Å². The lowest BCUT2D eigenvalue weighted by Crippen LogP contribution is -2.33. The monoisotopic (exact) mass is 377 g/mol. The number of nitrogens with zero attached hydrogens (tertiary/aromatic N) is 4. The molecular weight excluding hydrogens is 346 g/mol. The standard InChI is InChI=1S/C23H31N5/c1-6-27-15-18(17(3)26-27)13-24-20-11-23(4,5)12-22-19(20)14-25-28(22)21-10-8-7-9-16(21)2/h7-10,14-15,20,24H,6,11-13H2,1-5H3/t20-/m1/s1. The molecule has 2 heterocycles. The molecule has 2 aromatic heterocycles. The van der Waals surface area contributed by atoms with Crippen LogP contribution in [0.4, 0.5) is 0 Å². The van der Waals surface area contributed by atoms with Crippen LogP contribution in [0.5, 0.6) is 0 Å². The number of para-hydroxylation sites is 1. The molecule has 5 nitrogen and oxygen atoms in total. The molecule has 0 fully saturated rings. The maximum Gasteiger partial charge on any atom is 0.0678 e. The molecule has 4 rings (SSSR count). The first kappa shape index (κ1) is 18.9. The number of fused-ring (bicyclic) bond motifs is 1. The Balaban J connectivity index is 1.64. The van der Waals surface area contributed by atoms with E-state index in [9.17, 15) is 0 Å². The van der Waals surface area contributed by atoms with Crippen LogP contribution in [-0.4, -0.2) is 19.6 Å². The van der Waals surface area contributed by atoms with Crippen molar-refractivity contribution < 1.29 is 0 Å². The number of aryl methyl sites for hydroxylation is 3. The van der Waals surface area contributed by atoms with E-state index in [4.69, 9.17) is 5.10 Å². The molecule has 1 aliphatic rings. The molecule has 0 bridgehead atoms. The number of hydrogen-bond acceptors (Lipinski definition) is 3. The third-order valence-corrected chi connectivity index (χ3v) is 5.93. The fourth-order valence-corrected chi connectivity index (χ4v) is 4.36. The Morgan fingerprint density at radius 1 is 1.21 bits per heavy atom. The van der Waals surface area contributed by atoms with E-state index in [2.05, 4.69) is 86.4 Å². The van der Waals surface area contributed by atoms with Crippen molar-refractivity contribution in [1.82, 2.24) is 24.9 Å². The number of hydrogen-bond donors (Lipinski definition) is 1. The number of rotatable bonds is 5. The average molecular weight is 378 g/mol. The van der Waals surface area contributed by atoms with Crippen molar-refractivity contribution in [3.63, 3.8) is 0 Å². The van der Waals surface area contributed by atoms with Crippen molar-refractivity contribution in [2.75, 3.05) is 0 Å². The Morgan fingerprint density at radius 3 is 2.71 bits per heavy atom. The minimum Gasteiger partial charge on any atom is -0.306 e. The molecule has 0 unspecified atom stereocenters. The van der Waals surface area contributed by atoms with E-state index in [1.807, 2.05) is 4.68 Å². The lowest BCUT2D eigenvalue weighted by molar-refractivity contribution is 0.252. The highest BCUT2D eigenvalue weighted by Gasteiger charge is 2.35. The van der Waals surface area contributed by atoms with Gasteiger partial charge in [-0.3, -0.25) is 4.68 Å². The summed E-state index contributed by atoms with van der Waals surface area (Å²) in [5.74, 6) is 0. The molecule has 0 saturated carbocycles. The van der Waals surface area contributed by atoms with E-state index in [1.165, 1.54) is 28.1 Å². The zero-order valence-corrected chi connectivity index (χ0v) is 17.7. The summed E-state index contributed by atoms with van der Waals surface area (Å²) in [5.41, 5.74) is 7.72. The van der Waals surface area contributed by atoms with Gasteiger partial charge in [0.25, 0.3) is 0 Å². The third kappa shape index (κ3) is 3.51. The van der Waals surface area contributed by atoms with E-state index in [-0.39, 0.29) is 5.41 Å². The lowest BCUT2D eigenvalue weighted by atomic mass is 9.74. The van der Waals surface area contributed by atoms with Crippen LogP contribution in [0.3, 0.4) is 0 Å². The summed E-state index contributed by atoms with van der Waals surface area (Å²) in [6.07, 6.45) is 6.38. The molecule has 3 aromatic rings. The van der Waals surface area contributed by atoms with Crippen LogP contribution < -0.4 is 5.32 Å². The molecule has 1 N–H and O–H groups in total. The van der Waals surface area contributed by atoms with Gasteiger partial charge in [-0.2, -0.15) is 10.2 Å². The molecule has 1 aromatic carbocycles. The molecule has 0 aliphatic heterocycles. The van der Waals surface area contributed by atoms with Gasteiger partial charge in [-0.05, 0) is 50.7 Å². The van der Waals surface area contributed by atoms with E-state index in [0.717, 1.165) is 31.6 Å². The molecule has 0 amide bonds. The fraction of sp³-hybridized carbons (Fsp3) is 0.478. The van der Waals surface area contributed by atoms with Crippen LogP contribution in [0, 0.1) is 19.3 Å². The minimum absolute atomic E-state index is 0.230. The third-order valence-electron chi connectivity index (χ3n) is 5.93. The van der Waals surface area contributed by atoms with Gasteiger partial charge in [0, 0.05) is 42.1 Å². The van der Waals surface area contributed by atoms with E-state index >= 15 is 0 Å². The van der Waals surface area contributed by atoms with Gasteiger partial charge < -0.3 is 5.32 Å². The Labute approximate surface area is 167 Å². The van der Waals surface area contributed by atoms with Gasteiger partial charge in [0.15, 0.2) is 0 Å². The molecule has 148 valence electrons. The SMILES string of the molecule is CCn1cc(CN[C@@H]2CC(C)(C)Cc3c2cnn3-c2ccccc2C)c(C)n1. The van der Waals surface area contributed by atoms with E-state index in [1.54, 1.807) is 0 Å². The van der Waals surface area contributed by atoms with Crippen LogP contribution in [-0.2, 0) is 19.5 Å². The quantitative estimate of drug-likeness (QED) is 0.712. The van der Waals surface area contributed by atoms with Crippen LogP contribution in [0.2, 0.25) is 0 Å². The summed E-state index contributed by atoms with van der Waals surface area (Å²) >= 11 is 0. The molecule has 0 radical (unpaired) electrons. The fourth-order valence-electron chi connectivity index (χ4n) is 4.36. The maximum atomic E-state index is 4.79. The number of benzene rings is 1. The topological polar surface area (TPSA) is 47.7 Å². The molecule has 1 aliphatic carbocycles. The van der Waals surface area contributed by atoms with Crippen LogP contribution in [0.15, 0.2) is 36.7 Å². The summed E-state index contributed by atoms with van der Waals surface area (Å²) < 4.78 is 4.17. The first-order chi connectivity index (χ1) is 13.4. The van der Waals surface area contributed by atoms with Gasteiger partial charge >= 0.3 is 0 Å². The zero-order chi connectivity index (χ0) is 19.9. The van der Waals surface area contributed by atoms with Crippen molar-refractivity contribution in [2.45, 2.75) is 66.6 Å². The minimum atomic E-state index is 0.230. The molecule has 1 atom stereocenters. The second-order valence-electron chi connectivity index (χ2n) is 8.82. The maximum absolute atomic E-state index is 4.79. The average Bonchev–Trinajstić information content (AvgIpc) is 3.22. The van der Waals surface area contributed by atoms with Crippen LogP contribution >= 0.6 is 0 Å². The van der Waals surface area contributed by atoms with Crippen molar-refractivity contribution in [2.24, 2.45) is 5.41 Å². The van der Waals surface area contributed by atoms with Gasteiger partial charge in [0.2, 0.25) is 0 Å². The van der Waals surface area contributed by atoms with Gasteiger partial charge in [0.05, 0.1) is 17.6 Å². The van der Waals surface area contributed by atoms with Gasteiger partial charge in [0.1, 0.15) is 0 Å². The summed E-state index contributed by atoms with van der Waals surface area (Å²) in [6, 6.07) is 8.80. The second kappa shape index (κ2) is 7.21. The first-order valence-corrected chi connectivity index (χ1v) is 10.3. The van der Waals surface area contributed by atoms with Crippen molar-refractivity contribution in [1.29, 1.82) is 0 Å². The largest absolute Gasteiger partial charge is 0.306 e. The number of nitrogens with one attached hydrogen (secondary N) is 1. The zero-order valence-electron chi connectivity index (χ0n) is 17.7. The molecule has 0 saturated heterocycles. The van der Waals surface area contributed by atoms with Gasteiger partial charge in [-0.15, -0.1) is 0 Å². The summed E-state index contributed by atoms with van der Waals surface area (Å²) in [6.45, 7) is 12.8. The van der Waals surface area contributed by atoms with Crippen molar-refractivity contribution in [3.8, 4) is 5.69 Å². The van der Waals surface area contributed by atoms with Crippen LogP contribution in [0.1, 0.15) is 61.3 Å². The smallest absolute Gasteiger partial charge is 0.0678 e. The Morgan fingerprint density at radius 2 is 2.00 bits per heavy atom. The highest BCUT2D eigenvalue weighted by atomic mass is 15.3. The molecular formula is C23H31N5. The highest BCUT2D eigenvalue weighted by molar-refractivity contribution is 5.43. The normalized spacial score (nSPS) is 18.2. The number of aromatic nitrogens is 4. The van der Waals surface area contributed by atoms with Gasteiger partial charge in [-0.1, -0.05) is 32.0 Å². The Hall–Kier alpha value is -2.40. The molecule has 5 heteroatoms. The predicted molar refractivity (Wildman–Crippen MR) is 113 cm³/mol. The Kier molecular flexibility index (Phi) is 4.88.